The minimum absolute atomic E-state index is 0.00191. The molecule has 2 heterocycles. The highest BCUT2D eigenvalue weighted by Gasteiger charge is 2.74. The first-order valence-corrected chi connectivity index (χ1v) is 30.4. The molecule has 69 heavy (non-hydrogen) atoms. The summed E-state index contributed by atoms with van der Waals surface area (Å²) in [6.07, 6.45) is 27.3. The van der Waals surface area contributed by atoms with Crippen LogP contribution >= 0.6 is 21.6 Å². The largest absolute Gasteiger partial charge is 0.392 e. The van der Waals surface area contributed by atoms with E-state index >= 15 is 4.79 Å². The zero-order valence-electron chi connectivity index (χ0n) is 41.9. The Morgan fingerprint density at radius 1 is 0.855 bits per heavy atom. The highest BCUT2D eigenvalue weighted by atomic mass is 33.1. The zero-order valence-corrected chi connectivity index (χ0v) is 43.5. The van der Waals surface area contributed by atoms with Gasteiger partial charge in [-0.05, 0) is 166 Å². The predicted octanol–water partition coefficient (Wildman–Crippen LogP) is 9.49. The molecular weight excluding hydrogens is 899 g/mol. The second-order valence-corrected chi connectivity index (χ2v) is 28.6. The minimum atomic E-state index is -1.33. The van der Waals surface area contributed by atoms with Crippen molar-refractivity contribution in [3.63, 3.8) is 0 Å². The number of hydrogen-bond donors (Lipinski definition) is 6. The number of guanidine groups is 1. The van der Waals surface area contributed by atoms with Gasteiger partial charge in [0, 0.05) is 65.6 Å². The third-order valence-electron chi connectivity index (χ3n) is 22.7. The average molecular weight is 982 g/mol. The summed E-state index contributed by atoms with van der Waals surface area (Å²) in [7, 11) is 3.82. The molecule has 1 aromatic heterocycles. The summed E-state index contributed by atoms with van der Waals surface area (Å²) in [5, 5.41) is 51.9. The molecule has 12 rings (SSSR count). The molecule has 16 atom stereocenters. The van der Waals surface area contributed by atoms with Crippen molar-refractivity contribution >= 4 is 33.3 Å². The maximum Gasteiger partial charge on any atom is 0.185 e. The van der Waals surface area contributed by atoms with Crippen molar-refractivity contribution in [2.24, 2.45) is 97.3 Å². The third kappa shape index (κ3) is 7.09. The summed E-state index contributed by atoms with van der Waals surface area (Å²) in [6.45, 7) is 7.78. The lowest BCUT2D eigenvalue weighted by Crippen LogP contribution is -2.67. The van der Waals surface area contributed by atoms with Crippen LogP contribution in [0.4, 0.5) is 0 Å². The number of nitrogens with zero attached hydrogens (tertiary/aromatic N) is 3. The topological polar surface area (TPSA) is 180 Å². The number of aliphatic hydroxyl groups is 4. The predicted molar refractivity (Wildman–Crippen MR) is 276 cm³/mol. The smallest absolute Gasteiger partial charge is 0.185 e. The van der Waals surface area contributed by atoms with Crippen LogP contribution in [0.2, 0.25) is 0 Å². The molecule has 1 spiro atoms. The first kappa shape index (κ1) is 47.9. The number of carbonyl (C=O) groups is 1. The SMILES string of the molecule is CC1(C)C[C@H](n2ccnc2)CSSC[C@@H]2C[C@H]([C@@H]3C[C@@H]4CCCC5=C4[C@H](C1=C1CCCC4(CCCC4)[C@@H]51)[C@H]3O)[C@@]1(C)C[C@@H](CN=C(N)N)[C@H]3C(=CC(=O)[C@@H]4C[C@@H](O)[C@@H](O)C[C@]34C3CCCCC3)[C@]21O. The van der Waals surface area contributed by atoms with Crippen molar-refractivity contribution in [3.05, 3.63) is 52.7 Å². The van der Waals surface area contributed by atoms with Crippen LogP contribution in [0, 0.1) is 80.8 Å². The van der Waals surface area contributed by atoms with E-state index in [0.29, 0.717) is 36.6 Å². The summed E-state index contributed by atoms with van der Waals surface area (Å²) < 4.78 is 2.34. The normalized spacial score (nSPS) is 46.0. The van der Waals surface area contributed by atoms with Crippen molar-refractivity contribution in [1.82, 2.24) is 9.55 Å². The fraction of sp³-hybridized carbons (Fsp3) is 0.807. The maximum atomic E-state index is 15.3. The van der Waals surface area contributed by atoms with Gasteiger partial charge in [0.05, 0.1) is 30.2 Å². The van der Waals surface area contributed by atoms with E-state index in [2.05, 4.69) is 36.5 Å². The molecule has 0 amide bonds. The first-order valence-electron chi connectivity index (χ1n) is 27.9. The van der Waals surface area contributed by atoms with Crippen LogP contribution < -0.4 is 11.5 Å². The van der Waals surface area contributed by atoms with Crippen LogP contribution in [0.3, 0.4) is 0 Å². The fourth-order valence-electron chi connectivity index (χ4n) is 20.5. The number of imidazole rings is 1. The highest BCUT2D eigenvalue weighted by Crippen LogP contribution is 2.75. The summed E-state index contributed by atoms with van der Waals surface area (Å²) in [6, 6.07) is 0.201. The molecule has 1 aromatic rings. The van der Waals surface area contributed by atoms with Gasteiger partial charge in [0.25, 0.3) is 0 Å². The number of aliphatic imine (C=N–C) groups is 1. The van der Waals surface area contributed by atoms with Gasteiger partial charge in [-0.15, -0.1) is 0 Å². The molecular formula is C57H83N5O5S2. The van der Waals surface area contributed by atoms with E-state index in [1.54, 1.807) is 22.3 Å². The molecule has 1 aliphatic heterocycles. The number of carbonyl (C=O) groups excluding carboxylic acids is 1. The van der Waals surface area contributed by atoms with E-state index in [9.17, 15) is 20.4 Å². The lowest BCUT2D eigenvalue weighted by atomic mass is 9.38. The van der Waals surface area contributed by atoms with Gasteiger partial charge in [-0.2, -0.15) is 0 Å². The summed E-state index contributed by atoms with van der Waals surface area (Å²) in [5.41, 5.74) is 17.5. The van der Waals surface area contributed by atoms with Gasteiger partial charge in [-0.3, -0.25) is 9.79 Å². The maximum absolute atomic E-state index is 15.3. The third-order valence-corrected chi connectivity index (χ3v) is 25.2. The number of hydrogen-bond acceptors (Lipinski definition) is 9. The Morgan fingerprint density at radius 3 is 2.36 bits per heavy atom. The van der Waals surface area contributed by atoms with Crippen LogP contribution in [-0.2, 0) is 4.79 Å². The Kier molecular flexibility index (Phi) is 12.2. The van der Waals surface area contributed by atoms with Gasteiger partial charge in [0.2, 0.25) is 0 Å². The van der Waals surface area contributed by atoms with Gasteiger partial charge in [0.1, 0.15) is 0 Å². The number of fused-ring (bicyclic) bond motifs is 14. The van der Waals surface area contributed by atoms with E-state index in [1.807, 2.05) is 40.2 Å². The molecule has 0 radical (unpaired) electrons. The van der Waals surface area contributed by atoms with E-state index < -0.39 is 40.7 Å². The lowest BCUT2D eigenvalue weighted by Gasteiger charge is -2.66. The average Bonchev–Trinajstić information content (AvgIpc) is 4.09. The molecule has 10 nitrogen and oxygen atoms in total. The van der Waals surface area contributed by atoms with Gasteiger partial charge in [-0.1, -0.05) is 96.8 Å². The van der Waals surface area contributed by atoms with Crippen molar-refractivity contribution < 1.29 is 25.2 Å². The molecule has 378 valence electrons. The van der Waals surface area contributed by atoms with Crippen LogP contribution in [0.5, 0.6) is 0 Å². The number of aromatic nitrogens is 2. The van der Waals surface area contributed by atoms with Gasteiger partial charge < -0.3 is 36.5 Å². The van der Waals surface area contributed by atoms with Gasteiger partial charge in [-0.25, -0.2) is 4.98 Å². The Balaban J connectivity index is 1.04. The molecule has 12 heteroatoms. The van der Waals surface area contributed by atoms with Crippen molar-refractivity contribution in [3.8, 4) is 0 Å². The summed E-state index contributed by atoms with van der Waals surface area (Å²) in [4.78, 5) is 24.7. The number of rotatable bonds is 4. The Morgan fingerprint density at radius 2 is 1.61 bits per heavy atom. The Bertz CT molecular complexity index is 2290. The van der Waals surface area contributed by atoms with Crippen molar-refractivity contribution in [1.29, 1.82) is 0 Å². The standard InChI is InChI=1S/C57H83N5O5S2/c1-53(2)26-36(62-20-19-60-31-62)30-69-68-29-35-22-40(39-21-32-11-9-14-37-46(32)47(51(39)66)50(53)38-15-10-18-55(49(37)38)16-7-8-17-55)54(3)25-33(28-61-52(58)59)48-42(57(35,54)67)24-43(63)41-23-44(64)45(65)27-56(41,48)34-12-5-4-6-13-34/h19-20,24,31-36,39-41,44-45,47-49,51,64-67H,4-18,21-23,25-30H2,1-3H3,(H4,58,59,61)/t32-,33-,35-,36-,39-,40+,41-,44+,45-,47+,48-,49-,51-,54+,56+,57+/m0/s1. The first-order chi connectivity index (χ1) is 33.1. The van der Waals surface area contributed by atoms with E-state index in [-0.39, 0.29) is 71.0 Å². The highest BCUT2D eigenvalue weighted by molar-refractivity contribution is 8.76. The Labute approximate surface area is 419 Å². The number of aliphatic hydroxyl groups excluding tert-OH is 3. The summed E-state index contributed by atoms with van der Waals surface area (Å²) in [5.74, 6) is 1.80. The van der Waals surface area contributed by atoms with Crippen molar-refractivity contribution in [2.45, 2.75) is 186 Å². The van der Waals surface area contributed by atoms with Crippen LogP contribution in [0.25, 0.3) is 0 Å². The fourth-order valence-corrected chi connectivity index (χ4v) is 23.2. The van der Waals surface area contributed by atoms with E-state index in [4.69, 9.17) is 16.5 Å². The van der Waals surface area contributed by atoms with Crippen molar-refractivity contribution in [2.75, 3.05) is 18.1 Å². The number of nitrogens with two attached hydrogens (primary N) is 2. The second-order valence-electron chi connectivity index (χ2n) is 26.1. The summed E-state index contributed by atoms with van der Waals surface area (Å²) >= 11 is 0. The van der Waals surface area contributed by atoms with E-state index in [1.165, 1.54) is 51.4 Å². The monoisotopic (exact) mass is 982 g/mol. The molecule has 4 bridgehead atoms. The number of ketones is 1. The molecule has 1 saturated heterocycles. The molecule has 8 N–H and O–H groups in total. The van der Waals surface area contributed by atoms with Crippen LogP contribution in [0.1, 0.15) is 162 Å². The Hall–Kier alpha value is -2.09. The van der Waals surface area contributed by atoms with Crippen LogP contribution in [0.15, 0.2) is 57.7 Å². The molecule has 10 aliphatic carbocycles. The van der Waals surface area contributed by atoms with Gasteiger partial charge in [0.15, 0.2) is 11.7 Å². The molecule has 7 saturated carbocycles. The van der Waals surface area contributed by atoms with E-state index in [0.717, 1.165) is 81.3 Å². The quantitative estimate of drug-likeness (QED) is 0.0737. The molecule has 8 fully saturated rings. The lowest BCUT2D eigenvalue weighted by molar-refractivity contribution is -0.189. The molecule has 0 aromatic carbocycles. The van der Waals surface area contributed by atoms with Gasteiger partial charge >= 0.3 is 0 Å². The van der Waals surface area contributed by atoms with Crippen LogP contribution in [-0.4, -0.2) is 83.7 Å². The number of allylic oxidation sites excluding steroid dienone is 3. The zero-order chi connectivity index (χ0) is 47.8. The molecule has 0 unspecified atom stereocenters. The second kappa shape index (κ2) is 17.5. The minimum Gasteiger partial charge on any atom is -0.392 e. The molecule has 11 aliphatic rings.